The van der Waals surface area contributed by atoms with E-state index in [9.17, 15) is 24.3 Å². The van der Waals surface area contributed by atoms with Gasteiger partial charge < -0.3 is 35.4 Å². The van der Waals surface area contributed by atoms with Crippen molar-refractivity contribution in [1.29, 1.82) is 0 Å². The largest absolute Gasteiger partial charge is 0.507 e. The number of amides is 4. The van der Waals surface area contributed by atoms with Crippen molar-refractivity contribution in [3.8, 4) is 23.0 Å². The number of hydrogen-bond acceptors (Lipinski definition) is 8. The van der Waals surface area contributed by atoms with Crippen molar-refractivity contribution < 1.29 is 33.8 Å². The summed E-state index contributed by atoms with van der Waals surface area (Å²) in [5, 5.41) is 18.6. The van der Waals surface area contributed by atoms with Gasteiger partial charge in [-0.3, -0.25) is 24.2 Å². The fraction of sp³-hybridized carbons (Fsp3) is 0.382. The van der Waals surface area contributed by atoms with Gasteiger partial charge in [0.15, 0.2) is 0 Å². The van der Waals surface area contributed by atoms with Crippen LogP contribution in [0.3, 0.4) is 0 Å². The van der Waals surface area contributed by atoms with Crippen LogP contribution in [-0.2, 0) is 20.8 Å². The number of fused-ring (bicyclic) bond motifs is 11. The molecular formula is C34H39N5O7. The maximum atomic E-state index is 13.9. The number of nitrogens with zero attached hydrogens (tertiary/aromatic N) is 2. The number of benzene rings is 2. The summed E-state index contributed by atoms with van der Waals surface area (Å²) in [5.74, 6) is -1.18. The van der Waals surface area contributed by atoms with Gasteiger partial charge in [-0.1, -0.05) is 26.0 Å². The van der Waals surface area contributed by atoms with E-state index in [1.807, 2.05) is 6.07 Å². The maximum Gasteiger partial charge on any atom is 0.255 e. The number of piperidine rings is 1. The van der Waals surface area contributed by atoms with Crippen LogP contribution in [0.15, 0.2) is 67.0 Å². The number of likely N-dealkylation sites (tertiary alicyclic amines) is 1. The average molecular weight is 630 g/mol. The highest BCUT2D eigenvalue weighted by Crippen LogP contribution is 2.28. The molecule has 0 saturated carbocycles. The zero-order valence-electron chi connectivity index (χ0n) is 26.1. The second-order valence-electron chi connectivity index (χ2n) is 11.9. The van der Waals surface area contributed by atoms with Crippen LogP contribution in [0.1, 0.15) is 49.5 Å². The van der Waals surface area contributed by atoms with Gasteiger partial charge in [-0.15, -0.1) is 0 Å². The Bertz CT molecular complexity index is 1560. The molecule has 0 unspecified atom stereocenters. The minimum absolute atomic E-state index is 0.0602. The Kier molecular flexibility index (Phi) is 10.0. The van der Waals surface area contributed by atoms with Crippen molar-refractivity contribution in [2.75, 3.05) is 13.1 Å². The van der Waals surface area contributed by atoms with Gasteiger partial charge in [-0.25, -0.2) is 0 Å². The van der Waals surface area contributed by atoms with Gasteiger partial charge in [0.1, 0.15) is 47.2 Å². The minimum Gasteiger partial charge on any atom is -0.507 e. The summed E-state index contributed by atoms with van der Waals surface area (Å²) in [4.78, 5) is 59.5. The molecule has 4 heterocycles. The Balaban J connectivity index is 1.37. The second-order valence-corrected chi connectivity index (χ2v) is 11.9. The predicted molar refractivity (Wildman–Crippen MR) is 168 cm³/mol. The van der Waals surface area contributed by atoms with E-state index in [2.05, 4.69) is 20.9 Å². The van der Waals surface area contributed by atoms with E-state index in [1.54, 1.807) is 61.5 Å². The van der Waals surface area contributed by atoms with Crippen molar-refractivity contribution in [2.24, 2.45) is 5.92 Å². The smallest absolute Gasteiger partial charge is 0.255 e. The fourth-order valence-electron chi connectivity index (χ4n) is 5.47. The summed E-state index contributed by atoms with van der Waals surface area (Å²) >= 11 is 0. The normalized spacial score (nSPS) is 21.3. The molecule has 6 rings (SSSR count). The molecule has 1 aromatic heterocycles. The number of aromatic nitrogens is 1. The van der Waals surface area contributed by atoms with Crippen LogP contribution in [0.5, 0.6) is 23.0 Å². The van der Waals surface area contributed by atoms with Crippen LogP contribution in [0.2, 0.25) is 0 Å². The SMILES string of the molecule is CC(C)[C@@H]1NC(=O)c2cc(ccc2O)Oc2ccc(cc2)C[C@@H](C(=O)N2CCC(Oc3cccnc3)CC2)NC(=O)[C@H](C)NC1=O. The quantitative estimate of drug-likeness (QED) is 0.321. The van der Waals surface area contributed by atoms with E-state index in [4.69, 9.17) is 9.47 Å². The number of aromatic hydroxyl groups is 1. The van der Waals surface area contributed by atoms with Crippen LogP contribution in [0.25, 0.3) is 0 Å². The molecular weight excluding hydrogens is 590 g/mol. The summed E-state index contributed by atoms with van der Waals surface area (Å²) < 4.78 is 12.0. The van der Waals surface area contributed by atoms with Crippen LogP contribution >= 0.6 is 0 Å². The molecule has 0 radical (unpaired) electrons. The molecule has 2 aromatic carbocycles. The Morgan fingerprint density at radius 1 is 0.978 bits per heavy atom. The predicted octanol–water partition coefficient (Wildman–Crippen LogP) is 2.95. The molecule has 4 N–H and O–H groups in total. The van der Waals surface area contributed by atoms with Gasteiger partial charge in [0, 0.05) is 38.5 Å². The van der Waals surface area contributed by atoms with Gasteiger partial charge in [-0.05, 0) is 60.9 Å². The lowest BCUT2D eigenvalue weighted by Crippen LogP contribution is -2.58. The van der Waals surface area contributed by atoms with E-state index in [1.165, 1.54) is 25.1 Å². The Labute approximate surface area is 267 Å². The molecule has 4 amide bonds. The van der Waals surface area contributed by atoms with E-state index < -0.39 is 35.8 Å². The minimum atomic E-state index is -1.01. The first-order valence-electron chi connectivity index (χ1n) is 15.4. The van der Waals surface area contributed by atoms with Crippen molar-refractivity contribution in [3.63, 3.8) is 0 Å². The molecule has 12 nitrogen and oxygen atoms in total. The number of ether oxygens (including phenoxy) is 2. The molecule has 4 bridgehead atoms. The zero-order valence-corrected chi connectivity index (χ0v) is 26.1. The van der Waals surface area contributed by atoms with E-state index >= 15 is 0 Å². The Morgan fingerprint density at radius 3 is 2.37 bits per heavy atom. The lowest BCUT2D eigenvalue weighted by molar-refractivity contribution is -0.138. The number of rotatable bonds is 4. The van der Waals surface area contributed by atoms with E-state index in [0.29, 0.717) is 43.2 Å². The first-order valence-corrected chi connectivity index (χ1v) is 15.4. The highest BCUT2D eigenvalue weighted by Gasteiger charge is 2.33. The highest BCUT2D eigenvalue weighted by atomic mass is 16.5. The van der Waals surface area contributed by atoms with Crippen molar-refractivity contribution in [2.45, 2.75) is 64.3 Å². The maximum absolute atomic E-state index is 13.9. The third kappa shape index (κ3) is 7.92. The summed E-state index contributed by atoms with van der Waals surface area (Å²) in [5.41, 5.74) is 0.720. The number of nitrogens with one attached hydrogen (secondary N) is 3. The zero-order chi connectivity index (χ0) is 32.8. The number of carbonyl (C=O) groups is 4. The first-order chi connectivity index (χ1) is 22.1. The molecule has 46 heavy (non-hydrogen) atoms. The third-order valence-corrected chi connectivity index (χ3v) is 8.10. The van der Waals surface area contributed by atoms with Gasteiger partial charge in [0.05, 0.1) is 11.8 Å². The number of carbonyl (C=O) groups excluding carboxylic acids is 4. The molecule has 1 saturated heterocycles. The molecule has 1 fully saturated rings. The lowest BCUT2D eigenvalue weighted by Gasteiger charge is -2.35. The molecule has 0 aliphatic carbocycles. The standard InChI is InChI=1S/C34H39N5O7/c1-20(2)30-33(43)36-21(3)31(41)37-28(34(44)39-15-12-24(13-16-39)46-26-5-4-14-35-19-26)17-22-6-8-23(9-7-22)45-25-10-11-29(40)27(18-25)32(42)38-30/h4-11,14,18-21,24,28,30,40H,12-13,15-17H2,1-3H3,(H,36,43)(H,37,41)(H,38,42)/t21-,28-,30-/m0/s1. The highest BCUT2D eigenvalue weighted by molar-refractivity contribution is 6.00. The first kappa shape index (κ1) is 32.3. The van der Waals surface area contributed by atoms with Crippen LogP contribution < -0.4 is 25.4 Å². The summed E-state index contributed by atoms with van der Waals surface area (Å²) in [6.07, 6.45) is 4.74. The molecule has 242 valence electrons. The van der Waals surface area contributed by atoms with Gasteiger partial charge in [0.2, 0.25) is 17.7 Å². The summed E-state index contributed by atoms with van der Waals surface area (Å²) in [6, 6.07) is 12.1. The second kappa shape index (κ2) is 14.3. The molecule has 3 aliphatic heterocycles. The number of phenolic OH excluding ortho intramolecular Hbond substituents is 1. The van der Waals surface area contributed by atoms with E-state index in [0.717, 1.165) is 5.56 Å². The number of pyridine rings is 1. The molecule has 3 atom stereocenters. The Morgan fingerprint density at radius 2 is 1.70 bits per heavy atom. The van der Waals surface area contributed by atoms with Crippen LogP contribution in [0.4, 0.5) is 0 Å². The molecule has 0 spiro atoms. The van der Waals surface area contributed by atoms with Crippen LogP contribution in [0, 0.1) is 5.92 Å². The molecule has 3 aromatic rings. The molecule has 3 aliphatic rings. The van der Waals surface area contributed by atoms with E-state index in [-0.39, 0.29) is 35.7 Å². The topological polar surface area (TPSA) is 159 Å². The molecule has 12 heteroatoms. The lowest BCUT2D eigenvalue weighted by atomic mass is 10.0. The van der Waals surface area contributed by atoms with Gasteiger partial charge >= 0.3 is 0 Å². The summed E-state index contributed by atoms with van der Waals surface area (Å²) in [7, 11) is 0. The summed E-state index contributed by atoms with van der Waals surface area (Å²) in [6.45, 7) is 5.95. The Hall–Kier alpha value is -5.13. The number of hydrogen-bond donors (Lipinski definition) is 4. The fourth-order valence-corrected chi connectivity index (χ4v) is 5.47. The monoisotopic (exact) mass is 629 g/mol. The third-order valence-electron chi connectivity index (χ3n) is 8.10. The van der Waals surface area contributed by atoms with Crippen molar-refractivity contribution in [3.05, 3.63) is 78.1 Å². The van der Waals surface area contributed by atoms with Crippen molar-refractivity contribution in [1.82, 2.24) is 25.8 Å². The van der Waals surface area contributed by atoms with Gasteiger partial charge in [0.25, 0.3) is 5.91 Å². The van der Waals surface area contributed by atoms with Crippen molar-refractivity contribution >= 4 is 23.6 Å². The van der Waals surface area contributed by atoms with Crippen LogP contribution in [-0.4, -0.2) is 75.9 Å². The number of phenols is 1. The van der Waals surface area contributed by atoms with Gasteiger partial charge in [-0.2, -0.15) is 0 Å². The average Bonchev–Trinajstić information content (AvgIpc) is 3.04.